The molecule has 1 saturated heterocycles. The highest BCUT2D eigenvalue weighted by Gasteiger charge is 2.31. The molecule has 0 unspecified atom stereocenters. The first kappa shape index (κ1) is 12.2. The van der Waals surface area contributed by atoms with E-state index in [4.69, 9.17) is 4.74 Å². The third kappa shape index (κ3) is 3.61. The molecule has 1 N–H and O–H groups in total. The number of benzene rings is 1. The van der Waals surface area contributed by atoms with Crippen molar-refractivity contribution in [1.82, 2.24) is 5.32 Å². The minimum atomic E-state index is -4.65. The van der Waals surface area contributed by atoms with E-state index in [0.29, 0.717) is 13.2 Å². The Hall–Kier alpha value is -1.27. The summed E-state index contributed by atoms with van der Waals surface area (Å²) >= 11 is 0. The van der Waals surface area contributed by atoms with Crippen molar-refractivity contribution in [2.24, 2.45) is 0 Å². The molecule has 0 aliphatic carbocycles. The van der Waals surface area contributed by atoms with Crippen molar-refractivity contribution in [3.63, 3.8) is 0 Å². The number of morpholine rings is 1. The van der Waals surface area contributed by atoms with Gasteiger partial charge in [0.05, 0.1) is 19.3 Å². The van der Waals surface area contributed by atoms with Gasteiger partial charge in [-0.2, -0.15) is 0 Å². The van der Waals surface area contributed by atoms with Crippen LogP contribution in [-0.2, 0) is 4.74 Å². The molecule has 0 bridgehead atoms. The van der Waals surface area contributed by atoms with Crippen LogP contribution in [0.3, 0.4) is 0 Å². The molecule has 1 aliphatic rings. The molecule has 94 valence electrons. The molecule has 1 aromatic carbocycles. The monoisotopic (exact) mass is 247 g/mol. The predicted octanol–water partition coefficient (Wildman–Crippen LogP) is 2.25. The summed E-state index contributed by atoms with van der Waals surface area (Å²) in [5, 5.41) is 3.22. The Balaban J connectivity index is 2.02. The van der Waals surface area contributed by atoms with Crippen LogP contribution in [0, 0.1) is 0 Å². The number of hydrogen-bond donors (Lipinski definition) is 1. The van der Waals surface area contributed by atoms with Gasteiger partial charge < -0.3 is 14.8 Å². The van der Waals surface area contributed by atoms with Crippen molar-refractivity contribution in [3.05, 3.63) is 29.8 Å². The van der Waals surface area contributed by atoms with Crippen LogP contribution in [0.2, 0.25) is 0 Å². The topological polar surface area (TPSA) is 30.5 Å². The number of alkyl halides is 3. The average Bonchev–Trinajstić information content (AvgIpc) is 2.29. The molecule has 0 aromatic heterocycles. The van der Waals surface area contributed by atoms with Gasteiger partial charge in [0.2, 0.25) is 0 Å². The molecule has 0 saturated carbocycles. The number of hydrogen-bond acceptors (Lipinski definition) is 3. The molecule has 0 spiro atoms. The lowest BCUT2D eigenvalue weighted by molar-refractivity contribution is -0.274. The fraction of sp³-hybridized carbons (Fsp3) is 0.455. The first-order valence-corrected chi connectivity index (χ1v) is 5.21. The molecule has 1 heterocycles. The van der Waals surface area contributed by atoms with Crippen molar-refractivity contribution >= 4 is 0 Å². The summed E-state index contributed by atoms with van der Waals surface area (Å²) in [5.74, 6) is -0.210. The molecule has 6 heteroatoms. The van der Waals surface area contributed by atoms with Crippen LogP contribution < -0.4 is 10.1 Å². The number of rotatable bonds is 2. The summed E-state index contributed by atoms with van der Waals surface area (Å²) in [6.45, 7) is 1.93. The molecule has 1 aliphatic heterocycles. The summed E-state index contributed by atoms with van der Waals surface area (Å²) in [4.78, 5) is 0. The smallest absolute Gasteiger partial charge is 0.406 e. The molecule has 3 nitrogen and oxygen atoms in total. The van der Waals surface area contributed by atoms with Gasteiger partial charge in [0, 0.05) is 6.54 Å². The van der Waals surface area contributed by atoms with Crippen LogP contribution in [-0.4, -0.2) is 26.1 Å². The van der Waals surface area contributed by atoms with Gasteiger partial charge in [-0.05, 0) is 17.7 Å². The Kier molecular flexibility index (Phi) is 3.54. The molecular weight excluding hydrogens is 235 g/mol. The van der Waals surface area contributed by atoms with Crippen molar-refractivity contribution in [2.45, 2.75) is 12.4 Å². The molecule has 0 radical (unpaired) electrons. The van der Waals surface area contributed by atoms with Gasteiger partial charge in [-0.3, -0.25) is 0 Å². The fourth-order valence-corrected chi connectivity index (χ4v) is 1.68. The van der Waals surface area contributed by atoms with Crippen LogP contribution in [0.5, 0.6) is 5.75 Å². The molecule has 2 rings (SSSR count). The molecule has 1 aromatic rings. The van der Waals surface area contributed by atoms with E-state index in [-0.39, 0.29) is 11.8 Å². The normalized spacial score (nSPS) is 21.2. The highest BCUT2D eigenvalue weighted by atomic mass is 19.4. The second kappa shape index (κ2) is 4.93. The van der Waals surface area contributed by atoms with E-state index in [2.05, 4.69) is 10.1 Å². The van der Waals surface area contributed by atoms with Gasteiger partial charge in [-0.15, -0.1) is 13.2 Å². The summed E-state index contributed by atoms with van der Waals surface area (Å²) < 4.78 is 44.9. The van der Waals surface area contributed by atoms with Crippen LogP contribution in [0.1, 0.15) is 11.6 Å². The van der Waals surface area contributed by atoms with E-state index < -0.39 is 6.36 Å². The number of nitrogens with one attached hydrogen (secondary N) is 1. The SMILES string of the molecule is FC(F)(F)Oc1ccc([C@@H]2COCCN2)cc1. The van der Waals surface area contributed by atoms with E-state index >= 15 is 0 Å². The average molecular weight is 247 g/mol. The first-order valence-electron chi connectivity index (χ1n) is 5.21. The fourth-order valence-electron chi connectivity index (χ4n) is 1.68. The molecule has 17 heavy (non-hydrogen) atoms. The minimum Gasteiger partial charge on any atom is -0.406 e. The van der Waals surface area contributed by atoms with E-state index in [1.54, 1.807) is 12.1 Å². The summed E-state index contributed by atoms with van der Waals surface area (Å²) in [7, 11) is 0. The maximum atomic E-state index is 11.9. The Labute approximate surface area is 96.5 Å². The van der Waals surface area contributed by atoms with E-state index in [1.165, 1.54) is 12.1 Å². The third-order valence-electron chi connectivity index (χ3n) is 2.44. The first-order chi connectivity index (χ1) is 8.04. The summed E-state index contributed by atoms with van der Waals surface area (Å²) in [6, 6.07) is 5.85. The Morgan fingerprint density at radius 1 is 1.24 bits per heavy atom. The lowest BCUT2D eigenvalue weighted by Gasteiger charge is -2.24. The lowest BCUT2D eigenvalue weighted by Crippen LogP contribution is -2.34. The van der Waals surface area contributed by atoms with Crippen molar-refractivity contribution in [3.8, 4) is 5.75 Å². The van der Waals surface area contributed by atoms with Gasteiger partial charge in [-0.1, -0.05) is 12.1 Å². The quantitative estimate of drug-likeness (QED) is 0.869. The molecule has 1 fully saturated rings. The predicted molar refractivity (Wildman–Crippen MR) is 54.7 cm³/mol. The minimum absolute atomic E-state index is 0.0312. The maximum absolute atomic E-state index is 11.9. The van der Waals surface area contributed by atoms with E-state index in [9.17, 15) is 13.2 Å². The van der Waals surface area contributed by atoms with Gasteiger partial charge in [0.25, 0.3) is 0 Å². The molecule has 1 atom stereocenters. The van der Waals surface area contributed by atoms with Crippen molar-refractivity contribution in [2.75, 3.05) is 19.8 Å². The van der Waals surface area contributed by atoms with Gasteiger partial charge in [0.1, 0.15) is 5.75 Å². The third-order valence-corrected chi connectivity index (χ3v) is 2.44. The standard InChI is InChI=1S/C11H12F3NO2/c12-11(13,14)17-9-3-1-8(2-4-9)10-7-16-6-5-15-10/h1-4,10,15H,5-7H2/t10-/m0/s1. The zero-order valence-corrected chi connectivity index (χ0v) is 8.96. The zero-order chi connectivity index (χ0) is 12.3. The van der Waals surface area contributed by atoms with E-state index in [1.807, 2.05) is 0 Å². The van der Waals surface area contributed by atoms with Crippen LogP contribution in [0.4, 0.5) is 13.2 Å². The highest BCUT2D eigenvalue weighted by molar-refractivity contribution is 5.29. The van der Waals surface area contributed by atoms with Crippen molar-refractivity contribution < 1.29 is 22.6 Å². The largest absolute Gasteiger partial charge is 0.573 e. The second-order valence-electron chi connectivity index (χ2n) is 3.70. The van der Waals surface area contributed by atoms with Crippen LogP contribution >= 0.6 is 0 Å². The lowest BCUT2D eigenvalue weighted by atomic mass is 10.1. The number of halogens is 3. The molecular formula is C11H12F3NO2. The van der Waals surface area contributed by atoms with Gasteiger partial charge in [-0.25, -0.2) is 0 Å². The van der Waals surface area contributed by atoms with Crippen LogP contribution in [0.15, 0.2) is 24.3 Å². The highest BCUT2D eigenvalue weighted by Crippen LogP contribution is 2.24. The maximum Gasteiger partial charge on any atom is 0.573 e. The summed E-state index contributed by atoms with van der Waals surface area (Å²) in [5.41, 5.74) is 0.888. The van der Waals surface area contributed by atoms with Gasteiger partial charge in [0.15, 0.2) is 0 Å². The number of ether oxygens (including phenoxy) is 2. The Bertz CT molecular complexity index is 358. The molecule has 0 amide bonds. The Morgan fingerprint density at radius 2 is 1.94 bits per heavy atom. The van der Waals surface area contributed by atoms with E-state index in [0.717, 1.165) is 12.1 Å². The zero-order valence-electron chi connectivity index (χ0n) is 8.96. The second-order valence-corrected chi connectivity index (χ2v) is 3.70. The van der Waals surface area contributed by atoms with Gasteiger partial charge >= 0.3 is 6.36 Å². The van der Waals surface area contributed by atoms with Crippen molar-refractivity contribution in [1.29, 1.82) is 0 Å². The van der Waals surface area contributed by atoms with Crippen LogP contribution in [0.25, 0.3) is 0 Å². The Morgan fingerprint density at radius 3 is 2.47 bits per heavy atom. The summed E-state index contributed by atoms with van der Waals surface area (Å²) in [6.07, 6.45) is -4.65.